The molecule has 0 saturated heterocycles. The minimum Gasteiger partial charge on any atom is -0.493 e. The normalized spacial score (nSPS) is 21.2. The summed E-state index contributed by atoms with van der Waals surface area (Å²) in [6.07, 6.45) is -1.45. The second-order valence-electron chi connectivity index (χ2n) is 11.0. The lowest BCUT2D eigenvalue weighted by Gasteiger charge is -2.47. The van der Waals surface area contributed by atoms with Crippen molar-refractivity contribution >= 4 is 40.6 Å². The maximum atomic E-state index is 13.6. The highest BCUT2D eigenvalue weighted by atomic mass is 19.4. The monoisotopic (exact) mass is 622 g/mol. The lowest BCUT2D eigenvalue weighted by Crippen LogP contribution is -2.59. The summed E-state index contributed by atoms with van der Waals surface area (Å²) in [7, 11) is 0. The quantitative estimate of drug-likeness (QED) is 0.254. The first-order chi connectivity index (χ1) is 21.3. The first-order valence-electron chi connectivity index (χ1n) is 13.9. The van der Waals surface area contributed by atoms with Crippen LogP contribution >= 0.6 is 0 Å². The smallest absolute Gasteiger partial charge is 0.416 e. The molecule has 3 aliphatic rings. The molecule has 3 heterocycles. The number of benzene rings is 1. The molecule has 3 fully saturated rings. The molecule has 12 nitrogen and oxygen atoms in total. The SMILES string of the molecule is CCOc1cc(C(=O)Nc2cc(C(F)(F)F)ccn2)ccc1-c1nc(C23CCC(C(=O)O)(CC2=O)C(=O)C3)n2ccnc(N)c12. The number of hydrogen-bond donors (Lipinski definition) is 3. The Hall–Kier alpha value is -5.34. The topological polar surface area (TPSA) is 179 Å². The number of aliphatic carboxylic acids is 1. The molecular weight excluding hydrogens is 597 g/mol. The number of hydrogen-bond acceptors (Lipinski definition) is 9. The first-order valence-corrected chi connectivity index (χ1v) is 13.9. The Labute approximate surface area is 252 Å². The number of pyridine rings is 1. The van der Waals surface area contributed by atoms with E-state index >= 15 is 0 Å². The predicted octanol–water partition coefficient (Wildman–Crippen LogP) is 4.08. The van der Waals surface area contributed by atoms with Crippen LogP contribution < -0.4 is 15.8 Å². The van der Waals surface area contributed by atoms with E-state index in [-0.39, 0.29) is 60.3 Å². The standard InChI is InChI=1S/C30H25F3N6O6/c1-2-45-18-11-15(25(42)37-21-12-16(5-8-35-21)30(31,32)33)3-4-17(18)22-23-24(34)36-9-10-39(23)26(38-22)28-6-7-29(27(43)44,14-19(28)40)20(41)13-28/h3-5,8-12H,2,6-7,13-14H2,1H3,(H2,34,36)(H,43,44)(H,35,37,42). The third-order valence-electron chi connectivity index (χ3n) is 8.52. The Morgan fingerprint density at radius 3 is 2.53 bits per heavy atom. The van der Waals surface area contributed by atoms with Gasteiger partial charge in [0.2, 0.25) is 0 Å². The summed E-state index contributed by atoms with van der Waals surface area (Å²) in [5, 5.41) is 12.1. The average Bonchev–Trinajstić information content (AvgIpc) is 3.39. The number of carbonyl (C=O) groups excluding carboxylic acids is 3. The van der Waals surface area contributed by atoms with Gasteiger partial charge >= 0.3 is 12.1 Å². The van der Waals surface area contributed by atoms with E-state index in [0.29, 0.717) is 17.1 Å². The predicted molar refractivity (Wildman–Crippen MR) is 151 cm³/mol. The van der Waals surface area contributed by atoms with Gasteiger partial charge in [0.1, 0.15) is 45.6 Å². The Morgan fingerprint density at radius 2 is 1.87 bits per heavy atom. The molecule has 0 radical (unpaired) electrons. The number of anilines is 2. The highest BCUT2D eigenvalue weighted by molar-refractivity contribution is 6.14. The minimum atomic E-state index is -4.62. The van der Waals surface area contributed by atoms with Crippen molar-refractivity contribution in [3.63, 3.8) is 0 Å². The Bertz CT molecular complexity index is 1920. The van der Waals surface area contributed by atoms with Crippen LogP contribution in [0.25, 0.3) is 16.8 Å². The molecular formula is C30H25F3N6O6. The largest absolute Gasteiger partial charge is 0.493 e. The summed E-state index contributed by atoms with van der Waals surface area (Å²) >= 11 is 0. The molecule has 2 bridgehead atoms. The summed E-state index contributed by atoms with van der Waals surface area (Å²) in [5.41, 5.74) is 3.13. The van der Waals surface area contributed by atoms with Gasteiger partial charge < -0.3 is 20.9 Å². The third kappa shape index (κ3) is 4.65. The number of nitrogens with one attached hydrogen (secondary N) is 1. The number of carboxylic acids is 1. The van der Waals surface area contributed by atoms with Crippen LogP contribution in [0.5, 0.6) is 5.75 Å². The van der Waals surface area contributed by atoms with E-state index in [1.807, 2.05) is 0 Å². The number of Topliss-reactive ketones (excluding diaryl/α,β-unsaturated/α-hetero) is 2. The number of nitrogen functional groups attached to an aromatic ring is 1. The highest BCUT2D eigenvalue weighted by Crippen LogP contribution is 2.54. The van der Waals surface area contributed by atoms with Crippen LogP contribution in [-0.2, 0) is 26.0 Å². The Morgan fingerprint density at radius 1 is 1.09 bits per heavy atom. The molecule has 15 heteroatoms. The summed E-state index contributed by atoms with van der Waals surface area (Å²) in [6, 6.07) is 5.81. The number of aromatic nitrogens is 4. The van der Waals surface area contributed by atoms with Gasteiger partial charge in [-0.15, -0.1) is 0 Å². The van der Waals surface area contributed by atoms with Crippen molar-refractivity contribution in [3.8, 4) is 17.0 Å². The number of ether oxygens (including phenoxy) is 1. The van der Waals surface area contributed by atoms with E-state index in [1.54, 1.807) is 17.5 Å². The van der Waals surface area contributed by atoms with Crippen molar-refractivity contribution in [2.45, 2.75) is 44.2 Å². The summed E-state index contributed by atoms with van der Waals surface area (Å²) in [5.74, 6) is -2.89. The van der Waals surface area contributed by atoms with E-state index in [1.165, 1.54) is 24.4 Å². The maximum absolute atomic E-state index is 13.6. The second-order valence-corrected chi connectivity index (χ2v) is 11.0. The molecule has 45 heavy (non-hydrogen) atoms. The van der Waals surface area contributed by atoms with Crippen LogP contribution in [-0.4, -0.2) is 54.5 Å². The Balaban J connectivity index is 1.42. The zero-order chi connectivity index (χ0) is 32.3. The van der Waals surface area contributed by atoms with Gasteiger partial charge in [0.15, 0.2) is 5.78 Å². The van der Waals surface area contributed by atoms with Crippen molar-refractivity contribution in [2.75, 3.05) is 17.7 Å². The van der Waals surface area contributed by atoms with Gasteiger partial charge in [0.25, 0.3) is 5.91 Å². The van der Waals surface area contributed by atoms with Crippen molar-refractivity contribution in [1.29, 1.82) is 0 Å². The lowest BCUT2D eigenvalue weighted by atomic mass is 9.52. The number of carboxylic acid groups (broad SMARTS) is 1. The van der Waals surface area contributed by atoms with Crippen LogP contribution in [0.4, 0.5) is 24.8 Å². The first kappa shape index (κ1) is 29.7. The molecule has 1 aromatic carbocycles. The van der Waals surface area contributed by atoms with Crippen LogP contribution in [0.3, 0.4) is 0 Å². The second kappa shape index (κ2) is 10.4. The molecule has 4 N–H and O–H groups in total. The van der Waals surface area contributed by atoms with Gasteiger partial charge in [-0.05, 0) is 50.1 Å². The molecule has 1 amide bonds. The molecule has 2 atom stereocenters. The molecule has 3 saturated carbocycles. The van der Waals surface area contributed by atoms with Crippen LogP contribution in [0, 0.1) is 5.41 Å². The zero-order valence-electron chi connectivity index (χ0n) is 23.6. The number of imidazole rings is 1. The van der Waals surface area contributed by atoms with Gasteiger partial charge in [0, 0.05) is 42.6 Å². The highest BCUT2D eigenvalue weighted by Gasteiger charge is 2.64. The minimum absolute atomic E-state index is 0.0214. The van der Waals surface area contributed by atoms with E-state index in [0.717, 1.165) is 12.3 Å². The van der Waals surface area contributed by atoms with Crippen LogP contribution in [0.15, 0.2) is 48.9 Å². The van der Waals surface area contributed by atoms with Crippen molar-refractivity contribution in [3.05, 3.63) is 65.9 Å². The van der Waals surface area contributed by atoms with Gasteiger partial charge in [-0.25, -0.2) is 15.0 Å². The lowest BCUT2D eigenvalue weighted by molar-refractivity contribution is -0.168. The fraction of sp³-hybridized carbons (Fsp3) is 0.300. The van der Waals surface area contributed by atoms with Crippen molar-refractivity contribution in [2.24, 2.45) is 5.41 Å². The van der Waals surface area contributed by atoms with Crippen molar-refractivity contribution in [1.82, 2.24) is 19.4 Å². The van der Waals surface area contributed by atoms with E-state index in [9.17, 15) is 37.5 Å². The maximum Gasteiger partial charge on any atom is 0.416 e. The molecule has 232 valence electrons. The number of alkyl halides is 3. The Kier molecular flexibility index (Phi) is 6.86. The van der Waals surface area contributed by atoms with E-state index in [4.69, 9.17) is 15.5 Å². The number of fused-ring (bicyclic) bond motifs is 4. The van der Waals surface area contributed by atoms with Crippen LogP contribution in [0.1, 0.15) is 54.4 Å². The zero-order valence-corrected chi connectivity index (χ0v) is 23.6. The molecule has 3 aliphatic carbocycles. The molecule has 3 aromatic heterocycles. The van der Waals surface area contributed by atoms with Gasteiger partial charge in [-0.2, -0.15) is 13.2 Å². The fourth-order valence-electron chi connectivity index (χ4n) is 6.17. The number of nitrogens with two attached hydrogens (primary N) is 1. The summed E-state index contributed by atoms with van der Waals surface area (Å²) in [6.45, 7) is 1.87. The summed E-state index contributed by atoms with van der Waals surface area (Å²) < 4.78 is 46.8. The average molecular weight is 623 g/mol. The molecule has 0 spiro atoms. The van der Waals surface area contributed by atoms with Crippen molar-refractivity contribution < 1.29 is 42.2 Å². The number of carbonyl (C=O) groups is 4. The number of ketones is 2. The summed E-state index contributed by atoms with van der Waals surface area (Å²) in [4.78, 5) is 64.5. The third-order valence-corrected chi connectivity index (χ3v) is 8.52. The fourth-order valence-corrected chi connectivity index (χ4v) is 6.17. The van der Waals surface area contributed by atoms with Crippen LogP contribution in [0.2, 0.25) is 0 Å². The number of halogens is 3. The molecule has 7 rings (SSSR count). The van der Waals surface area contributed by atoms with E-state index in [2.05, 4.69) is 15.3 Å². The molecule has 2 unspecified atom stereocenters. The molecule has 4 aromatic rings. The number of rotatable bonds is 7. The number of nitrogens with zero attached hydrogens (tertiary/aromatic N) is 4. The van der Waals surface area contributed by atoms with E-state index < -0.39 is 52.4 Å². The number of amides is 1. The molecule has 0 aliphatic heterocycles. The van der Waals surface area contributed by atoms with Gasteiger partial charge in [0.05, 0.1) is 17.6 Å². The van der Waals surface area contributed by atoms with Gasteiger partial charge in [-0.3, -0.25) is 23.6 Å². The van der Waals surface area contributed by atoms with Gasteiger partial charge in [-0.1, -0.05) is 0 Å².